The molecular weight excluding hydrogens is 1330 g/mol. The van der Waals surface area contributed by atoms with Crippen LogP contribution in [0.25, 0.3) is 0 Å². The van der Waals surface area contributed by atoms with E-state index in [-0.39, 0.29) is 67.2 Å². The summed E-state index contributed by atoms with van der Waals surface area (Å²) < 4.78 is 114. The van der Waals surface area contributed by atoms with Gasteiger partial charge < -0.3 is 55.7 Å². The summed E-state index contributed by atoms with van der Waals surface area (Å²) in [6.07, 6.45) is -0.429. The van der Waals surface area contributed by atoms with Crippen LogP contribution < -0.4 is 0 Å². The summed E-state index contributed by atoms with van der Waals surface area (Å²) in [6.45, 7) is 67.7. The fraction of sp³-hybridized carbons (Fsp3) is 0.829. The number of aliphatic hydroxyl groups excluding tert-OH is 1. The first-order valence-electron chi connectivity index (χ1n) is 36.9. The van der Waals surface area contributed by atoms with Gasteiger partial charge in [0.05, 0.1) is 84.7 Å². The van der Waals surface area contributed by atoms with Gasteiger partial charge in [-0.15, -0.1) is 0 Å². The Balaban J connectivity index is 1.43. The van der Waals surface area contributed by atoms with Gasteiger partial charge in [0.25, 0.3) is 0 Å². The van der Waals surface area contributed by atoms with Crippen LogP contribution in [-0.4, -0.2) is 178 Å². The Morgan fingerprint density at radius 1 is 0.567 bits per heavy atom. The van der Waals surface area contributed by atoms with Crippen molar-refractivity contribution in [2.45, 2.75) is 380 Å². The van der Waals surface area contributed by atoms with Crippen molar-refractivity contribution in [2.24, 2.45) is 11.8 Å². The molecule has 5 saturated heterocycles. The Kier molecular flexibility index (Phi) is 26.5. The van der Waals surface area contributed by atoms with Crippen molar-refractivity contribution in [2.75, 3.05) is 13.7 Å². The van der Waals surface area contributed by atoms with Crippen LogP contribution in [0.5, 0.6) is 0 Å². The van der Waals surface area contributed by atoms with Gasteiger partial charge in [-0.1, -0.05) is 154 Å². The average molecular weight is 1460 g/mol. The molecule has 8 heterocycles. The highest BCUT2D eigenvalue weighted by Gasteiger charge is 2.61. The topological polar surface area (TPSA) is 173 Å². The minimum Gasteiger partial charge on any atom is -0.414 e. The molecule has 0 radical (unpaired) electrons. The molecule has 8 aliphatic rings. The van der Waals surface area contributed by atoms with Crippen LogP contribution in [0.2, 0.25) is 90.7 Å². The highest BCUT2D eigenvalue weighted by Crippen LogP contribution is 2.51. The monoisotopic (exact) mass is 1460 g/mol. The van der Waals surface area contributed by atoms with Gasteiger partial charge in [-0.05, 0) is 171 Å². The van der Waals surface area contributed by atoms with Gasteiger partial charge in [-0.3, -0.25) is 4.79 Å². The van der Waals surface area contributed by atoms with Crippen LogP contribution in [-0.2, 0) is 65.2 Å². The molecule has 19 atom stereocenters. The highest BCUT2D eigenvalue weighted by molar-refractivity contribution is 7.92. The molecule has 9 rings (SSSR count). The van der Waals surface area contributed by atoms with Crippen molar-refractivity contribution in [3.63, 3.8) is 0 Å². The van der Waals surface area contributed by atoms with Crippen LogP contribution in [0.1, 0.15) is 181 Å². The van der Waals surface area contributed by atoms with Crippen molar-refractivity contribution in [3.05, 3.63) is 66.8 Å². The zero-order valence-electron chi connectivity index (χ0n) is 65.5. The van der Waals surface area contributed by atoms with E-state index in [1.807, 2.05) is 12.2 Å². The van der Waals surface area contributed by atoms with Crippen molar-refractivity contribution in [1.29, 1.82) is 0 Å². The van der Waals surface area contributed by atoms with Crippen molar-refractivity contribution in [1.82, 2.24) is 0 Å². The number of benzene rings is 1. The number of aliphatic hydroxyl groups is 1. The highest BCUT2D eigenvalue weighted by atomic mass is 32.2. The van der Waals surface area contributed by atoms with Crippen LogP contribution in [0.3, 0.4) is 0 Å². The minimum atomic E-state index is -4.52. The lowest BCUT2D eigenvalue weighted by molar-refractivity contribution is -0.266. The van der Waals surface area contributed by atoms with E-state index in [4.69, 9.17) is 50.6 Å². The number of carbonyl (C=O) groups is 1. The summed E-state index contributed by atoms with van der Waals surface area (Å²) in [6, 6.07) is 8.40. The maximum atomic E-state index is 16.5. The summed E-state index contributed by atoms with van der Waals surface area (Å²) in [5.41, 5.74) is 1.94. The van der Waals surface area contributed by atoms with Gasteiger partial charge in [0, 0.05) is 32.3 Å². The summed E-state index contributed by atoms with van der Waals surface area (Å²) in [7, 11) is -15.7. The smallest absolute Gasteiger partial charge is 0.193 e. The summed E-state index contributed by atoms with van der Waals surface area (Å²) in [5.74, 6) is -1.43. The number of sulfone groups is 1. The molecule has 0 aromatic heterocycles. The average Bonchev–Trinajstić information content (AvgIpc) is 1.69. The molecule has 21 heteroatoms. The van der Waals surface area contributed by atoms with E-state index in [2.05, 4.69) is 189 Å². The van der Waals surface area contributed by atoms with Crippen LogP contribution in [0.15, 0.2) is 71.7 Å². The predicted octanol–water partition coefficient (Wildman–Crippen LogP) is 17.4. The number of ketones is 1. The van der Waals surface area contributed by atoms with Gasteiger partial charge >= 0.3 is 0 Å². The van der Waals surface area contributed by atoms with E-state index in [0.717, 1.165) is 17.6 Å². The first-order valence-corrected chi connectivity index (χ1v) is 53.0. The minimum absolute atomic E-state index is 0.0396. The third kappa shape index (κ3) is 19.6. The third-order valence-electron chi connectivity index (χ3n) is 25.2. The van der Waals surface area contributed by atoms with E-state index >= 15 is 13.2 Å². The summed E-state index contributed by atoms with van der Waals surface area (Å²) >= 11 is 0. The molecule has 1 aromatic carbocycles. The summed E-state index contributed by atoms with van der Waals surface area (Å²) in [5, 5.41) is 9.54. The number of carbonyl (C=O) groups excluding carboxylic acids is 1. The van der Waals surface area contributed by atoms with E-state index in [1.54, 1.807) is 37.4 Å². The predicted molar refractivity (Wildman–Crippen MR) is 405 cm³/mol. The number of hydrogen-bond donors (Lipinski definition) is 1. The fourth-order valence-electron chi connectivity index (χ4n) is 13.7. The zero-order chi connectivity index (χ0) is 73.0. The third-order valence-corrected chi connectivity index (χ3v) is 49.8. The lowest BCUT2D eigenvalue weighted by Gasteiger charge is -2.56. The van der Waals surface area contributed by atoms with Crippen LogP contribution in [0.4, 0.5) is 0 Å². The molecule has 556 valence electrons. The van der Waals surface area contributed by atoms with E-state index < -0.39 is 148 Å². The van der Waals surface area contributed by atoms with Gasteiger partial charge in [0.15, 0.2) is 57.2 Å². The zero-order valence-corrected chi connectivity index (χ0v) is 71.3. The first kappa shape index (κ1) is 82.9. The Morgan fingerprint density at radius 3 is 1.64 bits per heavy atom. The van der Waals surface area contributed by atoms with Crippen LogP contribution in [0, 0.1) is 11.8 Å². The second kappa shape index (κ2) is 31.0. The molecule has 0 aliphatic carbocycles. The lowest BCUT2D eigenvalue weighted by atomic mass is 9.81. The molecule has 1 aromatic rings. The van der Waals surface area contributed by atoms with Gasteiger partial charge in [0.2, 0.25) is 0 Å². The number of fused-ring (bicyclic) bond motifs is 2. The number of methoxy groups -OCH3 is 1. The van der Waals surface area contributed by atoms with E-state index in [9.17, 15) is 5.11 Å². The molecular formula is C76H136O15SSi5. The van der Waals surface area contributed by atoms with Gasteiger partial charge in [-0.25, -0.2) is 8.42 Å². The Hall–Kier alpha value is -1.34. The quantitative estimate of drug-likeness (QED) is 0.122. The SMILES string of the molecule is C=C1C[C@@H]2CCC(O)C=C[C@H](O[Si](C)(C)C(C)(C)C)[C@@H]3O[C@H]4CCC(CC(=O)C(S(=O)(=O)c5ccccc5)[C@H]5[C@H](CC6O[C@@H](CCC1O2)C[C@@H](C)C6=C)OC(C[C@@H](CO[Si](C)(C)C(C)(C)C)O[Si](C)(C)C(C)(C)C)[C@@H]5OC)O[C@@H]4[C@H](O[Si](C)(C)C(C)(C)C)[C@@H]3O[Si](C)(C)C(C)(C)C. The first-order chi connectivity index (χ1) is 44.2. The second-order valence-corrected chi connectivity index (χ2v) is 63.5. The van der Waals surface area contributed by atoms with Crippen molar-refractivity contribution >= 4 is 57.2 Å². The molecule has 97 heavy (non-hydrogen) atoms. The molecule has 15 nitrogen and oxygen atoms in total. The number of Topliss-reactive ketones (excluding diaryl/α,β-unsaturated/α-hetero) is 1. The molecule has 8 bridgehead atoms. The number of ether oxygens (including phenoxy) is 6. The Bertz CT molecular complexity index is 2960. The molecule has 0 spiro atoms. The van der Waals surface area contributed by atoms with Crippen molar-refractivity contribution in [3.8, 4) is 0 Å². The normalized spacial score (nSPS) is 33.8. The molecule has 0 saturated carbocycles. The fourth-order valence-corrected chi connectivity index (χ4v) is 21.9. The number of rotatable bonds is 16. The van der Waals surface area contributed by atoms with Gasteiger partial charge in [-0.2, -0.15) is 0 Å². The summed E-state index contributed by atoms with van der Waals surface area (Å²) in [4.78, 5) is 16.6. The Labute approximate surface area is 594 Å². The number of hydrogen-bond acceptors (Lipinski definition) is 15. The lowest BCUT2D eigenvalue weighted by Crippen LogP contribution is -2.69. The molecule has 6 unspecified atom stereocenters. The van der Waals surface area contributed by atoms with Crippen molar-refractivity contribution < 1.29 is 68.9 Å². The molecule has 8 aliphatic heterocycles. The van der Waals surface area contributed by atoms with E-state index in [1.165, 1.54) is 0 Å². The maximum absolute atomic E-state index is 16.5. The standard InChI is InChI=1S/C76H136O15SSi5/c1-49-43-54-38-41-59-50(2)44-53(83-59)37-35-52(77)36-40-61(89-95(24,25)74(10,11)12)68-70(91-97(28,29)76(16,17)18)69(90-96(26,27)75(13,14)15)67-60(87-68)42-39-55(85-67)45-58(78)71(92(79,80)57-33-31-30-32-34-57)65-63(47-62(84-54)51(49)3)86-64(66(65)81-19)46-56(88-94(22,23)73(7,8)9)48-82-93(20,21)72(4,5)6/h30-34,36,40,49,52-56,59-71,77H,2-3,35,37-39,41-48H2,1,4-29H3/t49-,52?,53+,54+,55?,56+,59?,60+,61+,62?,63+,64?,65+,66+,67+,68+,69+,70-,71?/m1/s1. The second-order valence-electron chi connectivity index (χ2n) is 37.6. The molecule has 1 N–H and O–H groups in total. The molecule has 0 amide bonds. The Morgan fingerprint density at radius 2 is 1.08 bits per heavy atom. The maximum Gasteiger partial charge on any atom is 0.193 e. The largest absolute Gasteiger partial charge is 0.414 e. The van der Waals surface area contributed by atoms with Crippen LogP contribution >= 0.6 is 0 Å². The van der Waals surface area contributed by atoms with E-state index in [0.29, 0.717) is 58.0 Å². The molecule has 5 fully saturated rings. The van der Waals surface area contributed by atoms with Gasteiger partial charge in [0.1, 0.15) is 29.7 Å².